The Morgan fingerprint density at radius 1 is 1.16 bits per heavy atom. The number of carbonyl (C=O) groups excluding carboxylic acids is 1. The Bertz CT molecular complexity index is 1020. The van der Waals surface area contributed by atoms with Gasteiger partial charge in [0, 0.05) is 50.8 Å². The maximum atomic E-state index is 13.2. The van der Waals surface area contributed by atoms with Crippen molar-refractivity contribution in [3.63, 3.8) is 0 Å². The molecule has 1 saturated heterocycles. The number of aryl methyl sites for hydroxylation is 1. The SMILES string of the molecule is COc1ccc(CCN2CCCC(CN(C)C(=O)c3cn(C)c4ccccc34)C2)cc1. The summed E-state index contributed by atoms with van der Waals surface area (Å²) in [6.45, 7) is 4.07. The van der Waals surface area contributed by atoms with Crippen molar-refractivity contribution in [1.29, 1.82) is 0 Å². The smallest absolute Gasteiger partial charge is 0.255 e. The summed E-state index contributed by atoms with van der Waals surface area (Å²) in [7, 11) is 5.65. The molecule has 31 heavy (non-hydrogen) atoms. The lowest BCUT2D eigenvalue weighted by Gasteiger charge is -2.34. The highest BCUT2D eigenvalue weighted by atomic mass is 16.5. The quantitative estimate of drug-likeness (QED) is 0.576. The van der Waals surface area contributed by atoms with E-state index >= 15 is 0 Å². The molecule has 1 unspecified atom stereocenters. The molecule has 5 nitrogen and oxygen atoms in total. The third-order valence-electron chi connectivity index (χ3n) is 6.48. The van der Waals surface area contributed by atoms with Crippen LogP contribution < -0.4 is 4.74 Å². The minimum Gasteiger partial charge on any atom is -0.497 e. The van der Waals surface area contributed by atoms with Crippen LogP contribution in [0.4, 0.5) is 0 Å². The van der Waals surface area contributed by atoms with Crippen LogP contribution in [0.15, 0.2) is 54.7 Å². The van der Waals surface area contributed by atoms with Crippen LogP contribution in [-0.2, 0) is 13.5 Å². The maximum absolute atomic E-state index is 13.2. The maximum Gasteiger partial charge on any atom is 0.255 e. The zero-order chi connectivity index (χ0) is 21.8. The van der Waals surface area contributed by atoms with Crippen LogP contribution in [0.2, 0.25) is 0 Å². The van der Waals surface area contributed by atoms with Gasteiger partial charge in [0.1, 0.15) is 5.75 Å². The molecule has 1 fully saturated rings. The molecule has 4 rings (SSSR count). The van der Waals surface area contributed by atoms with Gasteiger partial charge in [0.15, 0.2) is 0 Å². The largest absolute Gasteiger partial charge is 0.497 e. The first-order valence-corrected chi connectivity index (χ1v) is 11.2. The fourth-order valence-electron chi connectivity index (χ4n) is 4.77. The molecule has 0 saturated carbocycles. The van der Waals surface area contributed by atoms with Gasteiger partial charge in [-0.25, -0.2) is 0 Å². The summed E-state index contributed by atoms with van der Waals surface area (Å²) < 4.78 is 7.29. The molecule has 1 aliphatic rings. The monoisotopic (exact) mass is 419 g/mol. The summed E-state index contributed by atoms with van der Waals surface area (Å²) in [5.74, 6) is 1.54. The first-order chi connectivity index (χ1) is 15.0. The van der Waals surface area contributed by atoms with Gasteiger partial charge in [-0.2, -0.15) is 0 Å². The van der Waals surface area contributed by atoms with Gasteiger partial charge < -0.3 is 19.1 Å². The molecule has 1 aliphatic heterocycles. The van der Waals surface area contributed by atoms with Crippen LogP contribution in [-0.4, -0.2) is 60.6 Å². The molecule has 0 spiro atoms. The number of ether oxygens (including phenoxy) is 1. The second kappa shape index (κ2) is 9.56. The molecule has 5 heteroatoms. The van der Waals surface area contributed by atoms with E-state index in [1.54, 1.807) is 7.11 Å². The predicted molar refractivity (Wildman–Crippen MR) is 126 cm³/mol. The van der Waals surface area contributed by atoms with Gasteiger partial charge in [-0.3, -0.25) is 4.79 Å². The molecule has 0 aliphatic carbocycles. The number of hydrogen-bond acceptors (Lipinski definition) is 3. The Morgan fingerprint density at radius 3 is 2.71 bits per heavy atom. The van der Waals surface area contributed by atoms with Crippen LogP contribution in [0, 0.1) is 5.92 Å². The van der Waals surface area contributed by atoms with Gasteiger partial charge in [-0.1, -0.05) is 30.3 Å². The molecule has 0 bridgehead atoms. The van der Waals surface area contributed by atoms with Gasteiger partial charge >= 0.3 is 0 Å². The summed E-state index contributed by atoms with van der Waals surface area (Å²) in [5, 5.41) is 1.03. The number of nitrogens with zero attached hydrogens (tertiary/aromatic N) is 3. The Kier molecular flexibility index (Phi) is 6.62. The van der Waals surface area contributed by atoms with E-state index < -0.39 is 0 Å². The van der Waals surface area contributed by atoms with Gasteiger partial charge in [0.25, 0.3) is 5.91 Å². The number of amides is 1. The number of fused-ring (bicyclic) bond motifs is 1. The highest BCUT2D eigenvalue weighted by molar-refractivity contribution is 6.06. The number of benzene rings is 2. The van der Waals surface area contributed by atoms with E-state index in [2.05, 4.69) is 23.1 Å². The lowest BCUT2D eigenvalue weighted by molar-refractivity contribution is 0.0732. The average Bonchev–Trinajstić information content (AvgIpc) is 3.14. The second-order valence-electron chi connectivity index (χ2n) is 8.76. The van der Waals surface area contributed by atoms with Crippen molar-refractivity contribution in [2.75, 3.05) is 40.3 Å². The van der Waals surface area contributed by atoms with Crippen molar-refractivity contribution in [2.24, 2.45) is 13.0 Å². The Morgan fingerprint density at radius 2 is 1.94 bits per heavy atom. The van der Waals surface area contributed by atoms with E-state index in [4.69, 9.17) is 4.74 Å². The number of likely N-dealkylation sites (tertiary alicyclic amines) is 1. The molecule has 3 aromatic rings. The molecular weight excluding hydrogens is 386 g/mol. The molecule has 0 radical (unpaired) electrons. The van der Waals surface area contributed by atoms with Gasteiger partial charge in [-0.05, 0) is 55.5 Å². The number of methoxy groups -OCH3 is 1. The van der Waals surface area contributed by atoms with Crippen molar-refractivity contribution in [3.05, 3.63) is 65.9 Å². The standard InChI is InChI=1S/C26H33N3O2/c1-27-19-24(23-8-4-5-9-25(23)27)26(30)28(2)17-21-7-6-15-29(18-21)16-14-20-10-12-22(31-3)13-11-20/h4-5,8-13,19,21H,6-7,14-18H2,1-3H3. The van der Waals surface area contributed by atoms with Crippen molar-refractivity contribution in [3.8, 4) is 5.75 Å². The van der Waals surface area contributed by atoms with Gasteiger partial charge in [0.2, 0.25) is 0 Å². The van der Waals surface area contributed by atoms with Crippen molar-refractivity contribution in [1.82, 2.24) is 14.4 Å². The Balaban J connectivity index is 1.33. The summed E-state index contributed by atoms with van der Waals surface area (Å²) >= 11 is 0. The molecule has 2 aromatic carbocycles. The lowest BCUT2D eigenvalue weighted by atomic mass is 9.96. The van der Waals surface area contributed by atoms with Crippen LogP contribution in [0.1, 0.15) is 28.8 Å². The number of rotatable bonds is 7. The van der Waals surface area contributed by atoms with Crippen molar-refractivity contribution >= 4 is 16.8 Å². The highest BCUT2D eigenvalue weighted by Gasteiger charge is 2.24. The lowest BCUT2D eigenvalue weighted by Crippen LogP contribution is -2.42. The van der Waals surface area contributed by atoms with E-state index in [0.717, 1.165) is 54.8 Å². The van der Waals surface area contributed by atoms with Crippen molar-refractivity contribution < 1.29 is 9.53 Å². The van der Waals surface area contributed by atoms with Crippen LogP contribution >= 0.6 is 0 Å². The summed E-state index contributed by atoms with van der Waals surface area (Å²) in [4.78, 5) is 17.6. The number of hydrogen-bond donors (Lipinski definition) is 0. The zero-order valence-electron chi connectivity index (χ0n) is 18.9. The second-order valence-corrected chi connectivity index (χ2v) is 8.76. The summed E-state index contributed by atoms with van der Waals surface area (Å²) in [5.41, 5.74) is 3.24. The van der Waals surface area contributed by atoms with E-state index in [-0.39, 0.29) is 5.91 Å². The molecule has 1 aromatic heterocycles. The fourth-order valence-corrected chi connectivity index (χ4v) is 4.77. The predicted octanol–water partition coefficient (Wildman–Crippen LogP) is 4.21. The average molecular weight is 420 g/mol. The third kappa shape index (κ3) is 4.93. The topological polar surface area (TPSA) is 37.7 Å². The highest BCUT2D eigenvalue weighted by Crippen LogP contribution is 2.23. The molecule has 164 valence electrons. The normalized spacial score (nSPS) is 17.1. The minimum atomic E-state index is 0.118. The molecule has 0 N–H and O–H groups in total. The number of aromatic nitrogens is 1. The van der Waals surface area contributed by atoms with E-state index in [9.17, 15) is 4.79 Å². The molecule has 2 heterocycles. The van der Waals surface area contributed by atoms with E-state index in [1.165, 1.54) is 18.4 Å². The number of para-hydroxylation sites is 1. The van der Waals surface area contributed by atoms with Gasteiger partial charge in [0.05, 0.1) is 12.7 Å². The summed E-state index contributed by atoms with van der Waals surface area (Å²) in [6, 6.07) is 16.5. The van der Waals surface area contributed by atoms with E-state index in [1.807, 2.05) is 60.1 Å². The van der Waals surface area contributed by atoms with Crippen LogP contribution in [0.3, 0.4) is 0 Å². The van der Waals surface area contributed by atoms with Crippen molar-refractivity contribution in [2.45, 2.75) is 19.3 Å². The molecule has 1 amide bonds. The summed E-state index contributed by atoms with van der Waals surface area (Å²) in [6.07, 6.45) is 5.39. The Labute approximate surface area is 185 Å². The zero-order valence-corrected chi connectivity index (χ0v) is 18.9. The minimum absolute atomic E-state index is 0.118. The number of piperidine rings is 1. The Hall–Kier alpha value is -2.79. The first kappa shape index (κ1) is 21.4. The fraction of sp³-hybridized carbons (Fsp3) is 0.423. The first-order valence-electron chi connectivity index (χ1n) is 11.2. The third-order valence-corrected chi connectivity index (χ3v) is 6.48. The van der Waals surface area contributed by atoms with Gasteiger partial charge in [-0.15, -0.1) is 0 Å². The molecule has 1 atom stereocenters. The van der Waals surface area contributed by atoms with Crippen LogP contribution in [0.25, 0.3) is 10.9 Å². The molecular formula is C26H33N3O2. The van der Waals surface area contributed by atoms with E-state index in [0.29, 0.717) is 5.92 Å². The number of carbonyl (C=O) groups is 1. The van der Waals surface area contributed by atoms with Crippen LogP contribution in [0.5, 0.6) is 5.75 Å².